The molecule has 6 heteroatoms. The van der Waals surface area contributed by atoms with Gasteiger partial charge in [0.25, 0.3) is 0 Å². The number of hydrogen-bond acceptors (Lipinski definition) is 5. The van der Waals surface area contributed by atoms with Gasteiger partial charge >= 0.3 is 6.01 Å². The molecule has 0 N–H and O–H groups in total. The van der Waals surface area contributed by atoms with E-state index in [1.807, 2.05) is 36.3 Å². The smallest absolute Gasteiger partial charge is 0.318 e. The second kappa shape index (κ2) is 6.47. The zero-order valence-corrected chi connectivity index (χ0v) is 11.8. The van der Waals surface area contributed by atoms with Crippen LogP contribution in [-0.4, -0.2) is 23.1 Å². The van der Waals surface area contributed by atoms with Crippen molar-refractivity contribution in [2.24, 2.45) is 0 Å². The van der Waals surface area contributed by atoms with Crippen LogP contribution in [0.5, 0.6) is 6.01 Å². The predicted octanol–water partition coefficient (Wildman–Crippen LogP) is 3.10. The van der Waals surface area contributed by atoms with E-state index in [0.29, 0.717) is 25.5 Å². The van der Waals surface area contributed by atoms with Crippen molar-refractivity contribution in [2.75, 3.05) is 18.0 Å². The first kappa shape index (κ1) is 13.7. The molecular weight excluding hydrogens is 265 g/mol. The van der Waals surface area contributed by atoms with Gasteiger partial charge < -0.3 is 9.64 Å². The summed E-state index contributed by atoms with van der Waals surface area (Å²) < 4.78 is 19.2. The van der Waals surface area contributed by atoms with Gasteiger partial charge in [0.15, 0.2) is 11.6 Å². The molecule has 0 amide bonds. The van der Waals surface area contributed by atoms with Gasteiger partial charge in [-0.25, -0.2) is 9.37 Å². The molecule has 19 heavy (non-hydrogen) atoms. The van der Waals surface area contributed by atoms with E-state index in [4.69, 9.17) is 4.74 Å². The average Bonchev–Trinajstić information content (AvgIpc) is 2.94. The highest BCUT2D eigenvalue weighted by molar-refractivity contribution is 7.09. The van der Waals surface area contributed by atoms with Gasteiger partial charge in [0.1, 0.15) is 6.61 Å². The lowest BCUT2D eigenvalue weighted by molar-refractivity contribution is 0.282. The van der Waals surface area contributed by atoms with E-state index in [-0.39, 0.29) is 6.01 Å². The Bertz CT molecular complexity index is 515. The molecule has 4 nitrogen and oxygen atoms in total. The third kappa shape index (κ3) is 3.41. The molecule has 0 aliphatic carbocycles. The highest BCUT2D eigenvalue weighted by Gasteiger charge is 2.13. The SMILES string of the molecule is CCN(CC)c1nc(OCc2cccs2)ncc1F. The quantitative estimate of drug-likeness (QED) is 0.815. The third-order valence-electron chi connectivity index (χ3n) is 2.69. The van der Waals surface area contributed by atoms with Gasteiger partial charge in [0.05, 0.1) is 6.20 Å². The van der Waals surface area contributed by atoms with Crippen LogP contribution < -0.4 is 9.64 Å². The minimum Gasteiger partial charge on any atom is -0.458 e. The van der Waals surface area contributed by atoms with E-state index in [1.165, 1.54) is 0 Å². The number of thiophene rings is 1. The fraction of sp³-hybridized carbons (Fsp3) is 0.385. The first-order valence-electron chi connectivity index (χ1n) is 6.17. The molecule has 0 radical (unpaired) electrons. The molecule has 0 saturated carbocycles. The Balaban J connectivity index is 2.11. The number of halogens is 1. The molecule has 102 valence electrons. The van der Waals surface area contributed by atoms with Crippen molar-refractivity contribution in [1.29, 1.82) is 0 Å². The topological polar surface area (TPSA) is 38.2 Å². The van der Waals surface area contributed by atoms with Crippen LogP contribution in [0, 0.1) is 5.82 Å². The Morgan fingerprint density at radius 3 is 2.79 bits per heavy atom. The van der Waals surface area contributed by atoms with Crippen molar-refractivity contribution in [3.8, 4) is 6.01 Å². The van der Waals surface area contributed by atoms with Gasteiger partial charge in [0.2, 0.25) is 0 Å². The maximum Gasteiger partial charge on any atom is 0.318 e. The minimum atomic E-state index is -0.424. The Hall–Kier alpha value is -1.69. The molecule has 2 rings (SSSR count). The fourth-order valence-corrected chi connectivity index (χ4v) is 2.30. The summed E-state index contributed by atoms with van der Waals surface area (Å²) in [6.07, 6.45) is 1.16. The summed E-state index contributed by atoms with van der Waals surface area (Å²) in [5.74, 6) is -0.131. The van der Waals surface area contributed by atoms with Crippen molar-refractivity contribution < 1.29 is 9.13 Å². The molecule has 2 aromatic rings. The highest BCUT2D eigenvalue weighted by Crippen LogP contribution is 2.19. The van der Waals surface area contributed by atoms with Crippen molar-refractivity contribution >= 4 is 17.2 Å². The number of ether oxygens (including phenoxy) is 1. The Morgan fingerprint density at radius 2 is 2.16 bits per heavy atom. The fourth-order valence-electron chi connectivity index (χ4n) is 1.69. The number of anilines is 1. The van der Waals surface area contributed by atoms with E-state index in [2.05, 4.69) is 9.97 Å². The maximum absolute atomic E-state index is 13.7. The summed E-state index contributed by atoms with van der Waals surface area (Å²) in [6, 6.07) is 4.13. The zero-order valence-electron chi connectivity index (χ0n) is 11.0. The van der Waals surface area contributed by atoms with E-state index in [9.17, 15) is 4.39 Å². The molecule has 0 fully saturated rings. The van der Waals surface area contributed by atoms with Crippen molar-refractivity contribution in [2.45, 2.75) is 20.5 Å². The van der Waals surface area contributed by atoms with Crippen LogP contribution in [-0.2, 0) is 6.61 Å². The van der Waals surface area contributed by atoms with E-state index in [1.54, 1.807) is 11.3 Å². The predicted molar refractivity (Wildman–Crippen MR) is 74.2 cm³/mol. The summed E-state index contributed by atoms with van der Waals surface area (Å²) in [6.45, 7) is 5.69. The van der Waals surface area contributed by atoms with Crippen LogP contribution >= 0.6 is 11.3 Å². The summed E-state index contributed by atoms with van der Waals surface area (Å²) in [5.41, 5.74) is 0. The molecular formula is C13H16FN3OS. The summed E-state index contributed by atoms with van der Waals surface area (Å²) in [4.78, 5) is 10.9. The molecule has 0 saturated heterocycles. The zero-order chi connectivity index (χ0) is 13.7. The monoisotopic (exact) mass is 281 g/mol. The first-order chi connectivity index (χ1) is 9.24. The molecule has 0 spiro atoms. The van der Waals surface area contributed by atoms with Gasteiger partial charge in [0, 0.05) is 18.0 Å². The number of rotatable bonds is 6. The van der Waals surface area contributed by atoms with Gasteiger partial charge in [-0.2, -0.15) is 4.98 Å². The van der Waals surface area contributed by atoms with Crippen molar-refractivity contribution in [3.05, 3.63) is 34.4 Å². The summed E-state index contributed by atoms with van der Waals surface area (Å²) in [5, 5.41) is 1.98. The van der Waals surface area contributed by atoms with Crippen LogP contribution in [0.3, 0.4) is 0 Å². The lowest BCUT2D eigenvalue weighted by Gasteiger charge is -2.20. The van der Waals surface area contributed by atoms with Crippen LogP contribution in [0.4, 0.5) is 10.2 Å². The van der Waals surface area contributed by atoms with Gasteiger partial charge in [-0.15, -0.1) is 11.3 Å². The molecule has 0 aromatic carbocycles. The normalized spacial score (nSPS) is 10.5. The molecule has 0 unspecified atom stereocenters. The maximum atomic E-state index is 13.7. The number of hydrogen-bond donors (Lipinski definition) is 0. The van der Waals surface area contributed by atoms with Crippen molar-refractivity contribution in [3.63, 3.8) is 0 Å². The van der Waals surface area contributed by atoms with E-state index >= 15 is 0 Å². The van der Waals surface area contributed by atoms with Crippen molar-refractivity contribution in [1.82, 2.24) is 9.97 Å². The highest BCUT2D eigenvalue weighted by atomic mass is 32.1. The van der Waals surface area contributed by atoms with E-state index in [0.717, 1.165) is 11.1 Å². The van der Waals surface area contributed by atoms with Crippen LogP contribution in [0.15, 0.2) is 23.7 Å². The molecule has 0 aliphatic heterocycles. The second-order valence-corrected chi connectivity index (χ2v) is 4.90. The minimum absolute atomic E-state index is 0.205. The van der Waals surface area contributed by atoms with Gasteiger partial charge in [-0.3, -0.25) is 0 Å². The van der Waals surface area contributed by atoms with Crippen LogP contribution in [0.1, 0.15) is 18.7 Å². The third-order valence-corrected chi connectivity index (χ3v) is 3.54. The summed E-state index contributed by atoms with van der Waals surface area (Å²) in [7, 11) is 0. The lowest BCUT2D eigenvalue weighted by Crippen LogP contribution is -2.24. The average molecular weight is 281 g/mol. The Morgan fingerprint density at radius 1 is 1.37 bits per heavy atom. The lowest BCUT2D eigenvalue weighted by atomic mass is 10.4. The molecule has 0 aliphatic rings. The second-order valence-electron chi connectivity index (χ2n) is 3.86. The Labute approximate surface area is 115 Å². The van der Waals surface area contributed by atoms with E-state index < -0.39 is 5.82 Å². The molecule has 2 heterocycles. The first-order valence-corrected chi connectivity index (χ1v) is 7.05. The van der Waals surface area contributed by atoms with Crippen LogP contribution in [0.25, 0.3) is 0 Å². The van der Waals surface area contributed by atoms with Gasteiger partial charge in [-0.05, 0) is 25.3 Å². The summed E-state index contributed by atoms with van der Waals surface area (Å²) >= 11 is 1.60. The molecule has 2 aromatic heterocycles. The van der Waals surface area contributed by atoms with Gasteiger partial charge in [-0.1, -0.05) is 6.07 Å². The Kier molecular flexibility index (Phi) is 4.68. The molecule has 0 bridgehead atoms. The largest absolute Gasteiger partial charge is 0.458 e. The number of aromatic nitrogens is 2. The molecule has 0 atom stereocenters. The number of nitrogens with zero attached hydrogens (tertiary/aromatic N) is 3. The standard InChI is InChI=1S/C13H16FN3OS/c1-3-17(4-2)12-11(14)8-15-13(16-12)18-9-10-6-5-7-19-10/h5-8H,3-4,9H2,1-2H3. The van der Waals surface area contributed by atoms with Crippen LogP contribution in [0.2, 0.25) is 0 Å².